The summed E-state index contributed by atoms with van der Waals surface area (Å²) < 4.78 is 2.25. The molecule has 0 radical (unpaired) electrons. The van der Waals surface area contributed by atoms with Gasteiger partial charge >= 0.3 is 0 Å². The van der Waals surface area contributed by atoms with Crippen LogP contribution in [0.3, 0.4) is 0 Å². The number of rotatable bonds is 6. The zero-order valence-corrected chi connectivity index (χ0v) is 17.3. The van der Waals surface area contributed by atoms with Gasteiger partial charge in [0.15, 0.2) is 17.0 Å². The second kappa shape index (κ2) is 8.55. The summed E-state index contributed by atoms with van der Waals surface area (Å²) in [4.78, 5) is 18.6. The molecular formula is C22H30N8. The van der Waals surface area contributed by atoms with E-state index in [1.165, 1.54) is 25.7 Å². The van der Waals surface area contributed by atoms with Gasteiger partial charge in [0.1, 0.15) is 0 Å². The molecule has 3 aromatic rings. The molecule has 3 aromatic heterocycles. The van der Waals surface area contributed by atoms with E-state index in [0.29, 0.717) is 30.6 Å². The van der Waals surface area contributed by atoms with Crippen LogP contribution in [0.4, 0.5) is 11.8 Å². The second-order valence-electron chi connectivity index (χ2n) is 8.63. The fourth-order valence-electron chi connectivity index (χ4n) is 4.69. The quantitative estimate of drug-likeness (QED) is 0.574. The molecule has 4 N–H and O–H groups in total. The fraction of sp³-hybridized carbons (Fsp3) is 0.545. The van der Waals surface area contributed by atoms with Crippen molar-refractivity contribution >= 4 is 22.9 Å². The van der Waals surface area contributed by atoms with Crippen LogP contribution in [-0.4, -0.2) is 36.6 Å². The molecule has 2 saturated carbocycles. The van der Waals surface area contributed by atoms with Crippen LogP contribution in [0.5, 0.6) is 0 Å². The lowest BCUT2D eigenvalue weighted by Gasteiger charge is -2.27. The monoisotopic (exact) mass is 406 g/mol. The molecule has 3 heterocycles. The summed E-state index contributed by atoms with van der Waals surface area (Å²) in [7, 11) is 0. The van der Waals surface area contributed by atoms with Crippen LogP contribution in [0.25, 0.3) is 11.2 Å². The Morgan fingerprint density at radius 2 is 1.90 bits per heavy atom. The summed E-state index contributed by atoms with van der Waals surface area (Å²) in [6.45, 7) is 0.647. The molecule has 8 nitrogen and oxygen atoms in total. The summed E-state index contributed by atoms with van der Waals surface area (Å²) in [6.07, 6.45) is 14.7. The van der Waals surface area contributed by atoms with Crippen molar-refractivity contribution in [2.24, 2.45) is 5.73 Å². The molecule has 0 spiro atoms. The third-order valence-corrected chi connectivity index (χ3v) is 6.43. The smallest absolute Gasteiger partial charge is 0.227 e. The number of anilines is 2. The highest BCUT2D eigenvalue weighted by Gasteiger charge is 2.23. The van der Waals surface area contributed by atoms with Gasteiger partial charge in [0.05, 0.1) is 6.33 Å². The molecule has 2 aliphatic rings. The first kappa shape index (κ1) is 19.2. The van der Waals surface area contributed by atoms with Crippen molar-refractivity contribution < 1.29 is 0 Å². The SMILES string of the molecule is NC1CCC(Nc2nc(NCc3cccnc3)c3ncn(C4CCCC4)c3n2)CC1. The Morgan fingerprint density at radius 1 is 1.07 bits per heavy atom. The van der Waals surface area contributed by atoms with Crippen molar-refractivity contribution in [1.82, 2.24) is 24.5 Å². The van der Waals surface area contributed by atoms with Crippen LogP contribution < -0.4 is 16.4 Å². The van der Waals surface area contributed by atoms with E-state index in [1.54, 1.807) is 6.20 Å². The average molecular weight is 407 g/mol. The summed E-state index contributed by atoms with van der Waals surface area (Å²) >= 11 is 0. The van der Waals surface area contributed by atoms with Crippen molar-refractivity contribution in [2.75, 3.05) is 10.6 Å². The molecule has 0 atom stereocenters. The first-order valence-corrected chi connectivity index (χ1v) is 11.2. The highest BCUT2D eigenvalue weighted by molar-refractivity contribution is 5.84. The van der Waals surface area contributed by atoms with Crippen LogP contribution in [0.15, 0.2) is 30.9 Å². The van der Waals surface area contributed by atoms with Gasteiger partial charge in [0, 0.05) is 37.1 Å². The second-order valence-corrected chi connectivity index (χ2v) is 8.63. The Balaban J connectivity index is 1.45. The van der Waals surface area contributed by atoms with E-state index in [2.05, 4.69) is 31.2 Å². The molecule has 0 aromatic carbocycles. The maximum atomic E-state index is 6.07. The Hall–Kier alpha value is -2.74. The maximum Gasteiger partial charge on any atom is 0.227 e. The van der Waals surface area contributed by atoms with Crippen molar-refractivity contribution in [3.8, 4) is 0 Å². The number of hydrogen-bond acceptors (Lipinski definition) is 7. The zero-order valence-electron chi connectivity index (χ0n) is 17.3. The molecule has 2 aliphatic carbocycles. The zero-order chi connectivity index (χ0) is 20.3. The summed E-state index contributed by atoms with van der Waals surface area (Å²) in [5.74, 6) is 1.45. The normalized spacial score (nSPS) is 22.4. The Kier molecular flexibility index (Phi) is 5.48. The topological polar surface area (TPSA) is 107 Å². The van der Waals surface area contributed by atoms with Gasteiger partial charge in [0.2, 0.25) is 5.95 Å². The van der Waals surface area contributed by atoms with Gasteiger partial charge in [0.25, 0.3) is 0 Å². The van der Waals surface area contributed by atoms with E-state index < -0.39 is 0 Å². The molecule has 0 unspecified atom stereocenters. The molecule has 0 amide bonds. The Morgan fingerprint density at radius 3 is 2.67 bits per heavy atom. The Labute approximate surface area is 176 Å². The van der Waals surface area contributed by atoms with Crippen LogP contribution in [-0.2, 0) is 6.54 Å². The molecule has 8 heteroatoms. The van der Waals surface area contributed by atoms with Gasteiger partial charge in [-0.05, 0) is 50.2 Å². The van der Waals surface area contributed by atoms with Gasteiger partial charge < -0.3 is 20.9 Å². The molecule has 5 rings (SSSR count). The summed E-state index contributed by atoms with van der Waals surface area (Å²) in [5, 5.41) is 7.03. The lowest BCUT2D eigenvalue weighted by molar-refractivity contribution is 0.410. The molecule has 2 fully saturated rings. The van der Waals surface area contributed by atoms with Crippen LogP contribution in [0.2, 0.25) is 0 Å². The highest BCUT2D eigenvalue weighted by atomic mass is 15.2. The van der Waals surface area contributed by atoms with E-state index in [-0.39, 0.29) is 0 Å². The van der Waals surface area contributed by atoms with Crippen molar-refractivity contribution in [2.45, 2.75) is 76.0 Å². The number of hydrogen-bond donors (Lipinski definition) is 3. The van der Waals surface area contributed by atoms with Gasteiger partial charge in [-0.1, -0.05) is 18.9 Å². The number of nitrogens with one attached hydrogen (secondary N) is 2. The number of aromatic nitrogens is 5. The Bertz CT molecular complexity index is 971. The summed E-state index contributed by atoms with van der Waals surface area (Å²) in [5.41, 5.74) is 8.93. The minimum absolute atomic E-state index is 0.326. The molecule has 0 aliphatic heterocycles. The van der Waals surface area contributed by atoms with Gasteiger partial charge in [-0.3, -0.25) is 4.98 Å². The van der Waals surface area contributed by atoms with E-state index in [4.69, 9.17) is 15.7 Å². The van der Waals surface area contributed by atoms with Crippen molar-refractivity contribution in [3.05, 3.63) is 36.4 Å². The summed E-state index contributed by atoms with van der Waals surface area (Å²) in [6, 6.07) is 5.18. The molecule has 0 saturated heterocycles. The van der Waals surface area contributed by atoms with Gasteiger partial charge in [-0.25, -0.2) is 4.98 Å². The molecule has 30 heavy (non-hydrogen) atoms. The maximum absolute atomic E-state index is 6.07. The minimum atomic E-state index is 0.326. The predicted octanol–water partition coefficient (Wildman–Crippen LogP) is 3.63. The largest absolute Gasteiger partial charge is 0.364 e. The molecular weight excluding hydrogens is 376 g/mol. The van der Waals surface area contributed by atoms with Gasteiger partial charge in [-0.2, -0.15) is 9.97 Å². The third-order valence-electron chi connectivity index (χ3n) is 6.43. The number of pyridine rings is 1. The number of fused-ring (bicyclic) bond motifs is 1. The third kappa shape index (κ3) is 4.09. The lowest BCUT2D eigenvalue weighted by atomic mass is 9.92. The van der Waals surface area contributed by atoms with E-state index in [9.17, 15) is 0 Å². The van der Waals surface area contributed by atoms with E-state index >= 15 is 0 Å². The van der Waals surface area contributed by atoms with E-state index in [1.807, 2.05) is 18.6 Å². The minimum Gasteiger partial charge on any atom is -0.364 e. The van der Waals surface area contributed by atoms with E-state index in [0.717, 1.165) is 48.2 Å². The molecule has 158 valence electrons. The van der Waals surface area contributed by atoms with Gasteiger partial charge in [-0.15, -0.1) is 0 Å². The number of imidazole rings is 1. The highest BCUT2D eigenvalue weighted by Crippen LogP contribution is 2.33. The standard InChI is InChI=1S/C22H30N8/c23-16-7-9-17(10-8-16)27-22-28-20(25-13-15-4-3-11-24-12-15)19-21(29-22)30(14-26-19)18-5-1-2-6-18/h3-4,11-12,14,16-18H,1-2,5-10,13,23H2,(H2,25,27,28,29). The van der Waals surface area contributed by atoms with Crippen molar-refractivity contribution in [3.63, 3.8) is 0 Å². The van der Waals surface area contributed by atoms with Crippen LogP contribution >= 0.6 is 0 Å². The van der Waals surface area contributed by atoms with Crippen molar-refractivity contribution in [1.29, 1.82) is 0 Å². The average Bonchev–Trinajstić information content (AvgIpc) is 3.44. The first-order valence-electron chi connectivity index (χ1n) is 11.2. The number of nitrogens with two attached hydrogens (primary N) is 1. The predicted molar refractivity (Wildman–Crippen MR) is 118 cm³/mol. The fourth-order valence-corrected chi connectivity index (χ4v) is 4.69. The van der Waals surface area contributed by atoms with Crippen LogP contribution in [0.1, 0.15) is 63.0 Å². The lowest BCUT2D eigenvalue weighted by Crippen LogP contribution is -2.33. The molecule has 0 bridgehead atoms. The first-order chi connectivity index (χ1) is 14.8. The number of nitrogens with zero attached hydrogens (tertiary/aromatic N) is 5. The van der Waals surface area contributed by atoms with Crippen LogP contribution in [0, 0.1) is 0 Å².